The molecule has 0 spiro atoms. The van der Waals surface area contributed by atoms with Gasteiger partial charge in [0.25, 0.3) is 0 Å². The first-order valence-corrected chi connectivity index (χ1v) is 7.27. The summed E-state index contributed by atoms with van der Waals surface area (Å²) in [5.74, 6) is 0.410. The molecule has 0 aliphatic carbocycles. The van der Waals surface area contributed by atoms with E-state index in [-0.39, 0.29) is 12.5 Å². The number of pyridine rings is 1. The van der Waals surface area contributed by atoms with Crippen molar-refractivity contribution in [2.45, 2.75) is 19.3 Å². The van der Waals surface area contributed by atoms with Crippen LogP contribution in [0.3, 0.4) is 0 Å². The van der Waals surface area contributed by atoms with Crippen LogP contribution in [0.5, 0.6) is 0 Å². The highest BCUT2D eigenvalue weighted by Crippen LogP contribution is 2.14. The molecule has 0 aromatic carbocycles. The van der Waals surface area contributed by atoms with E-state index in [0.717, 1.165) is 38.2 Å². The lowest BCUT2D eigenvalue weighted by molar-refractivity contribution is -0.120. The molecule has 1 aliphatic rings. The second kappa shape index (κ2) is 7.97. The highest BCUT2D eigenvalue weighted by atomic mass is 16.3. The number of aromatic nitrogens is 1. The SMILES string of the molecule is O=C(Cc1ccccn1)NCCN1CCC[C@H](CO)C1. The van der Waals surface area contributed by atoms with Gasteiger partial charge in [0.15, 0.2) is 0 Å². The Morgan fingerprint density at radius 3 is 3.15 bits per heavy atom. The van der Waals surface area contributed by atoms with Crippen molar-refractivity contribution < 1.29 is 9.90 Å². The largest absolute Gasteiger partial charge is 0.396 e. The number of hydrogen-bond acceptors (Lipinski definition) is 4. The maximum atomic E-state index is 11.8. The lowest BCUT2D eigenvalue weighted by Gasteiger charge is -2.31. The van der Waals surface area contributed by atoms with Gasteiger partial charge in [0.2, 0.25) is 5.91 Å². The molecule has 2 heterocycles. The number of nitrogens with zero attached hydrogens (tertiary/aromatic N) is 2. The molecule has 0 unspecified atom stereocenters. The van der Waals surface area contributed by atoms with Crippen molar-refractivity contribution in [1.82, 2.24) is 15.2 Å². The summed E-state index contributed by atoms with van der Waals surface area (Å²) in [5.41, 5.74) is 0.795. The highest BCUT2D eigenvalue weighted by Gasteiger charge is 2.18. The molecular weight excluding hydrogens is 254 g/mol. The zero-order valence-corrected chi connectivity index (χ0v) is 11.8. The van der Waals surface area contributed by atoms with Crippen molar-refractivity contribution in [3.63, 3.8) is 0 Å². The monoisotopic (exact) mass is 277 g/mol. The quantitative estimate of drug-likeness (QED) is 0.792. The van der Waals surface area contributed by atoms with Crippen LogP contribution in [0.2, 0.25) is 0 Å². The van der Waals surface area contributed by atoms with Crippen LogP contribution in [0.1, 0.15) is 18.5 Å². The molecule has 2 N–H and O–H groups in total. The Morgan fingerprint density at radius 1 is 1.50 bits per heavy atom. The van der Waals surface area contributed by atoms with E-state index in [0.29, 0.717) is 18.9 Å². The fraction of sp³-hybridized carbons (Fsp3) is 0.600. The first kappa shape index (κ1) is 14.9. The van der Waals surface area contributed by atoms with Crippen LogP contribution in [-0.4, -0.2) is 53.7 Å². The fourth-order valence-corrected chi connectivity index (χ4v) is 2.59. The maximum Gasteiger partial charge on any atom is 0.226 e. The number of hydrogen-bond donors (Lipinski definition) is 2. The zero-order valence-electron chi connectivity index (χ0n) is 11.8. The van der Waals surface area contributed by atoms with Crippen LogP contribution < -0.4 is 5.32 Å². The van der Waals surface area contributed by atoms with Gasteiger partial charge in [0.1, 0.15) is 0 Å². The molecule has 20 heavy (non-hydrogen) atoms. The van der Waals surface area contributed by atoms with E-state index in [1.54, 1.807) is 6.20 Å². The normalized spacial score (nSPS) is 19.8. The number of aliphatic hydroxyl groups excluding tert-OH is 1. The number of amides is 1. The van der Waals surface area contributed by atoms with Gasteiger partial charge in [0.05, 0.1) is 6.42 Å². The lowest BCUT2D eigenvalue weighted by atomic mass is 9.99. The summed E-state index contributed by atoms with van der Waals surface area (Å²) in [5, 5.41) is 12.1. The molecule has 0 bridgehead atoms. The molecule has 5 heteroatoms. The Morgan fingerprint density at radius 2 is 2.40 bits per heavy atom. The van der Waals surface area contributed by atoms with E-state index in [1.165, 1.54) is 0 Å². The Balaban J connectivity index is 1.64. The van der Waals surface area contributed by atoms with Gasteiger partial charge in [-0.25, -0.2) is 0 Å². The van der Waals surface area contributed by atoms with Gasteiger partial charge >= 0.3 is 0 Å². The van der Waals surface area contributed by atoms with E-state index in [4.69, 9.17) is 0 Å². The predicted molar refractivity (Wildman–Crippen MR) is 77.2 cm³/mol. The minimum absolute atomic E-state index is 0.0133. The van der Waals surface area contributed by atoms with Gasteiger partial charge in [-0.3, -0.25) is 9.78 Å². The molecule has 1 fully saturated rings. The second-order valence-electron chi connectivity index (χ2n) is 5.34. The zero-order chi connectivity index (χ0) is 14.2. The number of carbonyl (C=O) groups is 1. The van der Waals surface area contributed by atoms with E-state index >= 15 is 0 Å². The average Bonchev–Trinajstić information content (AvgIpc) is 2.48. The number of piperidine rings is 1. The smallest absolute Gasteiger partial charge is 0.226 e. The molecule has 0 radical (unpaired) electrons. The van der Waals surface area contributed by atoms with Crippen LogP contribution in [0.4, 0.5) is 0 Å². The van der Waals surface area contributed by atoms with Crippen LogP contribution in [0.25, 0.3) is 0 Å². The molecule has 5 nitrogen and oxygen atoms in total. The van der Waals surface area contributed by atoms with Gasteiger partial charge in [-0.05, 0) is 37.4 Å². The first-order chi connectivity index (χ1) is 9.78. The van der Waals surface area contributed by atoms with Gasteiger partial charge in [0, 0.05) is 38.1 Å². The molecule has 0 saturated carbocycles. The van der Waals surface area contributed by atoms with Gasteiger partial charge < -0.3 is 15.3 Å². The Bertz CT molecular complexity index is 411. The average molecular weight is 277 g/mol. The Hall–Kier alpha value is -1.46. The maximum absolute atomic E-state index is 11.8. The summed E-state index contributed by atoms with van der Waals surface area (Å²) in [6.45, 7) is 3.77. The second-order valence-corrected chi connectivity index (χ2v) is 5.34. The van der Waals surface area contributed by atoms with Crippen molar-refractivity contribution in [1.29, 1.82) is 0 Å². The standard InChI is InChI=1S/C15H23N3O2/c19-12-13-4-3-8-18(11-13)9-7-17-15(20)10-14-5-1-2-6-16-14/h1-2,5-6,13,19H,3-4,7-12H2,(H,17,20)/t13-/m0/s1. The molecule has 1 atom stereocenters. The molecule has 110 valence electrons. The van der Waals surface area contributed by atoms with Crippen molar-refractivity contribution in [2.75, 3.05) is 32.8 Å². The summed E-state index contributed by atoms with van der Waals surface area (Å²) in [7, 11) is 0. The van der Waals surface area contributed by atoms with Gasteiger partial charge in [-0.1, -0.05) is 6.07 Å². The number of likely N-dealkylation sites (tertiary alicyclic amines) is 1. The summed E-state index contributed by atoms with van der Waals surface area (Å²) in [6.07, 6.45) is 4.28. The highest BCUT2D eigenvalue weighted by molar-refractivity contribution is 5.78. The summed E-state index contributed by atoms with van der Waals surface area (Å²) < 4.78 is 0. The molecular formula is C15H23N3O2. The van der Waals surface area contributed by atoms with E-state index in [9.17, 15) is 9.90 Å². The van der Waals surface area contributed by atoms with Crippen molar-refractivity contribution in [3.05, 3.63) is 30.1 Å². The molecule has 1 aliphatic heterocycles. The molecule has 1 saturated heterocycles. The van der Waals surface area contributed by atoms with Crippen LogP contribution in [0, 0.1) is 5.92 Å². The lowest BCUT2D eigenvalue weighted by Crippen LogP contribution is -2.41. The molecule has 2 rings (SSSR count). The van der Waals surface area contributed by atoms with Crippen molar-refractivity contribution in [3.8, 4) is 0 Å². The summed E-state index contributed by atoms with van der Waals surface area (Å²) >= 11 is 0. The molecule has 1 amide bonds. The summed E-state index contributed by atoms with van der Waals surface area (Å²) in [4.78, 5) is 18.2. The Kier molecular flexibility index (Phi) is 5.95. The van der Waals surface area contributed by atoms with Crippen molar-refractivity contribution in [2.24, 2.45) is 5.92 Å². The van der Waals surface area contributed by atoms with Gasteiger partial charge in [-0.2, -0.15) is 0 Å². The predicted octanol–water partition coefficient (Wildman–Crippen LogP) is 0.445. The minimum atomic E-state index is 0.0133. The van der Waals surface area contributed by atoms with E-state index in [2.05, 4.69) is 15.2 Å². The topological polar surface area (TPSA) is 65.5 Å². The first-order valence-electron chi connectivity index (χ1n) is 7.27. The van der Waals surface area contributed by atoms with Crippen LogP contribution in [0.15, 0.2) is 24.4 Å². The van der Waals surface area contributed by atoms with E-state index in [1.807, 2.05) is 18.2 Å². The molecule has 1 aromatic heterocycles. The number of rotatable bonds is 6. The third kappa shape index (κ3) is 4.90. The minimum Gasteiger partial charge on any atom is -0.396 e. The number of carbonyl (C=O) groups excluding carboxylic acids is 1. The number of nitrogens with one attached hydrogen (secondary N) is 1. The van der Waals surface area contributed by atoms with E-state index < -0.39 is 0 Å². The number of aliphatic hydroxyl groups is 1. The fourth-order valence-electron chi connectivity index (χ4n) is 2.59. The molecule has 1 aromatic rings. The summed E-state index contributed by atoms with van der Waals surface area (Å²) in [6, 6.07) is 5.59. The third-order valence-electron chi connectivity index (χ3n) is 3.68. The third-order valence-corrected chi connectivity index (χ3v) is 3.68. The van der Waals surface area contributed by atoms with Gasteiger partial charge in [-0.15, -0.1) is 0 Å². The van der Waals surface area contributed by atoms with Crippen LogP contribution >= 0.6 is 0 Å². The van der Waals surface area contributed by atoms with Crippen molar-refractivity contribution >= 4 is 5.91 Å². The van der Waals surface area contributed by atoms with Crippen LogP contribution in [-0.2, 0) is 11.2 Å². The Labute approximate surface area is 120 Å².